The molecule has 1 saturated heterocycles. The van der Waals surface area contributed by atoms with Crippen molar-refractivity contribution in [2.75, 3.05) is 24.5 Å². The standard InChI is InChI=1S/C24H31N3O/c1-19(27-16-13-20-9-5-6-12-23(20)27)24(28)25-17-21-10-3-4-11-22(21)18-26-14-7-2-8-15-26/h3-6,9-12,19H,2,7-8,13-18H2,1H3,(H,25,28)/t19-/m1/s1. The maximum atomic E-state index is 12.9. The smallest absolute Gasteiger partial charge is 0.242 e. The predicted molar refractivity (Wildman–Crippen MR) is 114 cm³/mol. The van der Waals surface area contributed by atoms with Crippen LogP contribution in [0.25, 0.3) is 0 Å². The van der Waals surface area contributed by atoms with Crippen molar-refractivity contribution in [1.82, 2.24) is 10.2 Å². The van der Waals surface area contributed by atoms with Gasteiger partial charge >= 0.3 is 0 Å². The third-order valence-corrected chi connectivity index (χ3v) is 6.18. The molecule has 0 radical (unpaired) electrons. The van der Waals surface area contributed by atoms with Crippen LogP contribution in [0.3, 0.4) is 0 Å². The van der Waals surface area contributed by atoms with Crippen LogP contribution in [0.1, 0.15) is 42.9 Å². The molecule has 148 valence electrons. The van der Waals surface area contributed by atoms with E-state index in [0.717, 1.165) is 19.5 Å². The van der Waals surface area contributed by atoms with Crippen LogP contribution in [-0.4, -0.2) is 36.5 Å². The van der Waals surface area contributed by atoms with Gasteiger partial charge < -0.3 is 10.2 Å². The number of para-hydroxylation sites is 1. The minimum Gasteiger partial charge on any atom is -0.359 e. The zero-order valence-corrected chi connectivity index (χ0v) is 16.9. The second-order valence-corrected chi connectivity index (χ2v) is 8.07. The molecule has 4 rings (SSSR count). The van der Waals surface area contributed by atoms with E-state index in [9.17, 15) is 4.79 Å². The molecule has 2 aliphatic heterocycles. The fourth-order valence-corrected chi connectivity index (χ4v) is 4.48. The van der Waals surface area contributed by atoms with Crippen molar-refractivity contribution in [2.45, 2.75) is 51.7 Å². The molecule has 4 nitrogen and oxygen atoms in total. The van der Waals surface area contributed by atoms with Crippen LogP contribution in [0.4, 0.5) is 5.69 Å². The summed E-state index contributed by atoms with van der Waals surface area (Å²) < 4.78 is 0. The number of hydrogen-bond donors (Lipinski definition) is 1. The lowest BCUT2D eigenvalue weighted by atomic mass is 10.0. The maximum Gasteiger partial charge on any atom is 0.242 e. The van der Waals surface area contributed by atoms with E-state index in [2.05, 4.69) is 63.6 Å². The highest BCUT2D eigenvalue weighted by atomic mass is 16.2. The van der Waals surface area contributed by atoms with E-state index in [1.165, 1.54) is 54.7 Å². The van der Waals surface area contributed by atoms with Gasteiger partial charge in [0.25, 0.3) is 0 Å². The second kappa shape index (κ2) is 8.78. The monoisotopic (exact) mass is 377 g/mol. The third-order valence-electron chi connectivity index (χ3n) is 6.18. The van der Waals surface area contributed by atoms with E-state index < -0.39 is 0 Å². The van der Waals surface area contributed by atoms with Gasteiger partial charge in [-0.3, -0.25) is 9.69 Å². The topological polar surface area (TPSA) is 35.6 Å². The molecule has 2 aromatic rings. The van der Waals surface area contributed by atoms with Crippen LogP contribution >= 0.6 is 0 Å². The molecule has 0 unspecified atom stereocenters. The van der Waals surface area contributed by atoms with Gasteiger partial charge in [0.15, 0.2) is 0 Å². The number of carbonyl (C=O) groups excluding carboxylic acids is 1. The van der Waals surface area contributed by atoms with Crippen molar-refractivity contribution in [3.8, 4) is 0 Å². The van der Waals surface area contributed by atoms with E-state index in [4.69, 9.17) is 0 Å². The average molecular weight is 378 g/mol. The van der Waals surface area contributed by atoms with Gasteiger partial charge in [-0.25, -0.2) is 0 Å². The van der Waals surface area contributed by atoms with E-state index in [1.807, 2.05) is 6.92 Å². The fourth-order valence-electron chi connectivity index (χ4n) is 4.48. The Morgan fingerprint density at radius 1 is 0.964 bits per heavy atom. The van der Waals surface area contributed by atoms with E-state index in [0.29, 0.717) is 6.54 Å². The molecule has 0 aromatic heterocycles. The van der Waals surface area contributed by atoms with Gasteiger partial charge in [-0.1, -0.05) is 48.9 Å². The number of benzene rings is 2. The van der Waals surface area contributed by atoms with Crippen molar-refractivity contribution in [2.24, 2.45) is 0 Å². The molecule has 28 heavy (non-hydrogen) atoms. The molecule has 1 fully saturated rings. The summed E-state index contributed by atoms with van der Waals surface area (Å²) in [4.78, 5) is 17.6. The first kappa shape index (κ1) is 19.0. The van der Waals surface area contributed by atoms with E-state index in [1.54, 1.807) is 0 Å². The van der Waals surface area contributed by atoms with Crippen molar-refractivity contribution in [3.63, 3.8) is 0 Å². The lowest BCUT2D eigenvalue weighted by Gasteiger charge is -2.28. The van der Waals surface area contributed by atoms with Crippen molar-refractivity contribution >= 4 is 11.6 Å². The first-order valence-corrected chi connectivity index (χ1v) is 10.6. The minimum absolute atomic E-state index is 0.101. The number of anilines is 1. The largest absolute Gasteiger partial charge is 0.359 e. The number of nitrogens with zero attached hydrogens (tertiary/aromatic N) is 2. The van der Waals surface area contributed by atoms with Gasteiger partial charge in [-0.05, 0) is 62.0 Å². The highest BCUT2D eigenvalue weighted by molar-refractivity contribution is 5.85. The number of amides is 1. The Labute approximate surface area is 168 Å². The Bertz CT molecular complexity index is 813. The first-order valence-electron chi connectivity index (χ1n) is 10.6. The number of carbonyl (C=O) groups is 1. The average Bonchev–Trinajstić information content (AvgIpc) is 3.17. The van der Waals surface area contributed by atoms with Crippen molar-refractivity contribution in [1.29, 1.82) is 0 Å². The molecule has 1 N–H and O–H groups in total. The molecular weight excluding hydrogens is 346 g/mol. The van der Waals surface area contributed by atoms with Gasteiger partial charge in [0.05, 0.1) is 0 Å². The summed E-state index contributed by atoms with van der Waals surface area (Å²) in [5, 5.41) is 3.18. The Kier molecular flexibility index (Phi) is 5.96. The van der Waals surface area contributed by atoms with Crippen LogP contribution < -0.4 is 10.2 Å². The molecular formula is C24H31N3O. The summed E-state index contributed by atoms with van der Waals surface area (Å²) in [5.41, 5.74) is 5.11. The third kappa shape index (κ3) is 4.22. The summed E-state index contributed by atoms with van der Waals surface area (Å²) in [7, 11) is 0. The van der Waals surface area contributed by atoms with Gasteiger partial charge in [-0.15, -0.1) is 0 Å². The van der Waals surface area contributed by atoms with E-state index in [-0.39, 0.29) is 11.9 Å². The molecule has 0 bridgehead atoms. The first-order chi connectivity index (χ1) is 13.7. The second-order valence-electron chi connectivity index (χ2n) is 8.07. The Hall–Kier alpha value is -2.33. The fraction of sp³-hybridized carbons (Fsp3) is 0.458. The molecule has 0 saturated carbocycles. The summed E-state index contributed by atoms with van der Waals surface area (Å²) in [6, 6.07) is 16.8. The van der Waals surface area contributed by atoms with Crippen LogP contribution in [-0.2, 0) is 24.3 Å². The van der Waals surface area contributed by atoms with Crippen LogP contribution in [0.2, 0.25) is 0 Å². The molecule has 0 aliphatic carbocycles. The predicted octanol–water partition coefficient (Wildman–Crippen LogP) is 3.74. The number of nitrogens with one attached hydrogen (secondary N) is 1. The lowest BCUT2D eigenvalue weighted by molar-refractivity contribution is -0.122. The van der Waals surface area contributed by atoms with Gasteiger partial charge in [0.2, 0.25) is 5.91 Å². The van der Waals surface area contributed by atoms with E-state index >= 15 is 0 Å². The molecule has 2 heterocycles. The summed E-state index contributed by atoms with van der Waals surface area (Å²) in [5.74, 6) is 0.101. The van der Waals surface area contributed by atoms with Gasteiger partial charge in [-0.2, -0.15) is 0 Å². The van der Waals surface area contributed by atoms with Crippen LogP contribution in [0, 0.1) is 0 Å². The molecule has 2 aromatic carbocycles. The Balaban J connectivity index is 1.37. The quantitative estimate of drug-likeness (QED) is 0.833. The van der Waals surface area contributed by atoms with Crippen LogP contribution in [0.15, 0.2) is 48.5 Å². The highest BCUT2D eigenvalue weighted by Crippen LogP contribution is 2.29. The molecule has 4 heteroatoms. The Morgan fingerprint density at radius 3 is 2.50 bits per heavy atom. The molecule has 2 aliphatic rings. The Morgan fingerprint density at radius 2 is 1.68 bits per heavy atom. The number of hydrogen-bond acceptors (Lipinski definition) is 3. The highest BCUT2D eigenvalue weighted by Gasteiger charge is 2.27. The van der Waals surface area contributed by atoms with Gasteiger partial charge in [0, 0.05) is 25.3 Å². The zero-order valence-electron chi connectivity index (χ0n) is 16.9. The number of fused-ring (bicyclic) bond motifs is 1. The number of likely N-dealkylation sites (tertiary alicyclic amines) is 1. The van der Waals surface area contributed by atoms with Crippen molar-refractivity contribution < 1.29 is 4.79 Å². The minimum atomic E-state index is -0.155. The number of rotatable bonds is 6. The summed E-state index contributed by atoms with van der Waals surface area (Å²) in [6.45, 7) is 6.89. The zero-order chi connectivity index (χ0) is 19.3. The maximum absolute atomic E-state index is 12.9. The normalized spacial score (nSPS) is 18.0. The molecule has 1 atom stereocenters. The lowest BCUT2D eigenvalue weighted by Crippen LogP contribution is -2.44. The van der Waals surface area contributed by atoms with Crippen LogP contribution in [0.5, 0.6) is 0 Å². The molecule has 1 amide bonds. The summed E-state index contributed by atoms with van der Waals surface area (Å²) >= 11 is 0. The summed E-state index contributed by atoms with van der Waals surface area (Å²) in [6.07, 6.45) is 4.97. The number of piperidine rings is 1. The van der Waals surface area contributed by atoms with Crippen molar-refractivity contribution in [3.05, 3.63) is 65.2 Å². The SMILES string of the molecule is C[C@H](C(=O)NCc1ccccc1CN1CCCCC1)N1CCc2ccccc21. The van der Waals surface area contributed by atoms with Gasteiger partial charge in [0.1, 0.15) is 6.04 Å². The molecule has 0 spiro atoms.